The predicted molar refractivity (Wildman–Crippen MR) is 72.9 cm³/mol. The lowest BCUT2D eigenvalue weighted by Gasteiger charge is -2.11. The average molecular weight is 301 g/mol. The van der Waals surface area contributed by atoms with E-state index >= 15 is 0 Å². The van der Waals surface area contributed by atoms with Crippen molar-refractivity contribution < 1.29 is 17.6 Å². The summed E-state index contributed by atoms with van der Waals surface area (Å²) in [4.78, 5) is 15.6. The van der Waals surface area contributed by atoms with Gasteiger partial charge in [0.15, 0.2) is 21.5 Å². The van der Waals surface area contributed by atoms with Gasteiger partial charge in [0.25, 0.3) is 5.91 Å². The summed E-state index contributed by atoms with van der Waals surface area (Å²) in [6, 6.07) is 1.26. The lowest BCUT2D eigenvalue weighted by atomic mass is 10.2. The molecule has 0 spiro atoms. The van der Waals surface area contributed by atoms with Crippen LogP contribution in [0, 0.1) is 5.82 Å². The lowest BCUT2D eigenvalue weighted by Crippen LogP contribution is -2.35. The minimum absolute atomic E-state index is 0.0117. The topological polar surface area (TPSA) is 88.2 Å². The number of hydrogen-bond donors (Lipinski definition) is 2. The third-order valence-corrected chi connectivity index (χ3v) is 5.60. The van der Waals surface area contributed by atoms with Crippen LogP contribution in [0.25, 0.3) is 0 Å². The molecule has 1 aliphatic heterocycles. The van der Waals surface area contributed by atoms with Crippen LogP contribution in [0.3, 0.4) is 0 Å². The molecule has 0 radical (unpaired) electrons. The third-order valence-electron chi connectivity index (χ3n) is 3.32. The van der Waals surface area contributed by atoms with E-state index in [4.69, 9.17) is 0 Å². The Hall–Kier alpha value is -1.70. The van der Waals surface area contributed by atoms with Crippen molar-refractivity contribution in [3.63, 3.8) is 0 Å². The molecule has 2 rings (SSSR count). The smallest absolute Gasteiger partial charge is 0.254 e. The van der Waals surface area contributed by atoms with E-state index in [2.05, 4.69) is 15.6 Å². The Labute approximate surface area is 116 Å². The Morgan fingerprint density at radius 3 is 2.90 bits per heavy atom. The molecular formula is C12H16FN3O3S. The maximum atomic E-state index is 13.9. The standard InChI is InChI=1S/C12H16FN3O3S/c1-14-11-10(13)9(4-5-15-11)12(17)16-7-8-3-2-6-20(8,18)19/h4-5,8H,2-3,6-7H2,1H3,(H,14,15)(H,16,17). The highest BCUT2D eigenvalue weighted by Crippen LogP contribution is 2.19. The second-order valence-corrected chi connectivity index (χ2v) is 7.01. The molecule has 1 unspecified atom stereocenters. The monoisotopic (exact) mass is 301 g/mol. The summed E-state index contributed by atoms with van der Waals surface area (Å²) in [5.41, 5.74) is -0.153. The van der Waals surface area contributed by atoms with Crippen molar-refractivity contribution in [1.29, 1.82) is 0 Å². The number of carbonyl (C=O) groups is 1. The minimum Gasteiger partial charge on any atom is -0.371 e. The number of anilines is 1. The van der Waals surface area contributed by atoms with Crippen molar-refractivity contribution >= 4 is 21.6 Å². The van der Waals surface area contributed by atoms with E-state index in [1.807, 2.05) is 0 Å². The zero-order valence-corrected chi connectivity index (χ0v) is 11.8. The molecule has 0 bridgehead atoms. The van der Waals surface area contributed by atoms with Crippen molar-refractivity contribution in [3.8, 4) is 0 Å². The molecule has 0 saturated carbocycles. The highest BCUT2D eigenvalue weighted by Gasteiger charge is 2.31. The highest BCUT2D eigenvalue weighted by molar-refractivity contribution is 7.92. The number of aromatic nitrogens is 1. The fourth-order valence-corrected chi connectivity index (χ4v) is 3.95. The Bertz CT molecular complexity index is 618. The van der Waals surface area contributed by atoms with Gasteiger partial charge in [-0.2, -0.15) is 0 Å². The number of nitrogens with zero attached hydrogens (tertiary/aromatic N) is 1. The molecule has 2 N–H and O–H groups in total. The first-order chi connectivity index (χ1) is 9.45. The van der Waals surface area contributed by atoms with Gasteiger partial charge in [-0.25, -0.2) is 17.8 Å². The second-order valence-electron chi connectivity index (χ2n) is 4.61. The van der Waals surface area contributed by atoms with Gasteiger partial charge in [-0.15, -0.1) is 0 Å². The first-order valence-electron chi connectivity index (χ1n) is 6.27. The van der Waals surface area contributed by atoms with Gasteiger partial charge in [0.2, 0.25) is 0 Å². The molecule has 1 amide bonds. The summed E-state index contributed by atoms with van der Waals surface area (Å²) in [6.07, 6.45) is 2.45. The van der Waals surface area contributed by atoms with Gasteiger partial charge < -0.3 is 10.6 Å². The number of pyridine rings is 1. The van der Waals surface area contributed by atoms with Crippen molar-refractivity contribution in [2.24, 2.45) is 0 Å². The fraction of sp³-hybridized carbons (Fsp3) is 0.500. The number of hydrogen-bond acceptors (Lipinski definition) is 5. The first kappa shape index (κ1) is 14.7. The van der Waals surface area contributed by atoms with Crippen LogP contribution in [0.5, 0.6) is 0 Å². The van der Waals surface area contributed by atoms with Crippen LogP contribution in [-0.4, -0.2) is 43.9 Å². The molecule has 0 aromatic carbocycles. The summed E-state index contributed by atoms with van der Waals surface area (Å²) in [5.74, 6) is -1.25. The molecule has 1 aromatic heterocycles. The van der Waals surface area contributed by atoms with Crippen molar-refractivity contribution in [1.82, 2.24) is 10.3 Å². The second kappa shape index (κ2) is 5.74. The van der Waals surface area contributed by atoms with E-state index in [1.165, 1.54) is 19.3 Å². The van der Waals surface area contributed by atoms with Crippen LogP contribution in [0.1, 0.15) is 23.2 Å². The summed E-state index contributed by atoms with van der Waals surface area (Å²) < 4.78 is 37.1. The summed E-state index contributed by atoms with van der Waals surface area (Å²) >= 11 is 0. The van der Waals surface area contributed by atoms with E-state index in [-0.39, 0.29) is 23.7 Å². The molecule has 1 aliphatic rings. The molecule has 1 aromatic rings. The number of carbonyl (C=O) groups excluding carboxylic acids is 1. The van der Waals surface area contributed by atoms with Gasteiger partial charge in [-0.1, -0.05) is 0 Å². The van der Waals surface area contributed by atoms with Crippen LogP contribution in [0.4, 0.5) is 10.2 Å². The zero-order valence-electron chi connectivity index (χ0n) is 11.0. The van der Waals surface area contributed by atoms with Gasteiger partial charge in [0.05, 0.1) is 16.6 Å². The Morgan fingerprint density at radius 2 is 2.30 bits per heavy atom. The third kappa shape index (κ3) is 2.90. The van der Waals surface area contributed by atoms with E-state index in [0.29, 0.717) is 12.8 Å². The van der Waals surface area contributed by atoms with Gasteiger partial charge in [-0.3, -0.25) is 4.79 Å². The van der Waals surface area contributed by atoms with E-state index < -0.39 is 26.8 Å². The number of rotatable bonds is 4. The quantitative estimate of drug-likeness (QED) is 0.849. The molecular weight excluding hydrogens is 285 g/mol. The highest BCUT2D eigenvalue weighted by atomic mass is 32.2. The molecule has 20 heavy (non-hydrogen) atoms. The van der Waals surface area contributed by atoms with E-state index in [1.54, 1.807) is 0 Å². The van der Waals surface area contributed by atoms with Gasteiger partial charge in [-0.05, 0) is 18.9 Å². The maximum absolute atomic E-state index is 13.9. The van der Waals surface area contributed by atoms with Crippen molar-refractivity contribution in [2.75, 3.05) is 24.7 Å². The lowest BCUT2D eigenvalue weighted by molar-refractivity contribution is 0.0949. The number of halogens is 1. The summed E-state index contributed by atoms with van der Waals surface area (Å²) in [7, 11) is -1.62. The Morgan fingerprint density at radius 1 is 1.55 bits per heavy atom. The van der Waals surface area contributed by atoms with Crippen molar-refractivity contribution in [2.45, 2.75) is 18.1 Å². The Balaban J connectivity index is 2.06. The first-order valence-corrected chi connectivity index (χ1v) is 7.99. The fourth-order valence-electron chi connectivity index (χ4n) is 2.18. The molecule has 1 saturated heterocycles. The largest absolute Gasteiger partial charge is 0.371 e. The molecule has 8 heteroatoms. The van der Waals surface area contributed by atoms with E-state index in [0.717, 1.165) is 0 Å². The number of nitrogens with one attached hydrogen (secondary N) is 2. The van der Waals surface area contributed by atoms with Gasteiger partial charge in [0, 0.05) is 19.8 Å². The van der Waals surface area contributed by atoms with Gasteiger partial charge >= 0.3 is 0 Å². The molecule has 1 atom stereocenters. The zero-order chi connectivity index (χ0) is 14.8. The van der Waals surface area contributed by atoms with Gasteiger partial charge in [0.1, 0.15) is 0 Å². The molecule has 2 heterocycles. The maximum Gasteiger partial charge on any atom is 0.254 e. The molecule has 6 nitrogen and oxygen atoms in total. The van der Waals surface area contributed by atoms with Crippen LogP contribution in [0.15, 0.2) is 12.3 Å². The SMILES string of the molecule is CNc1nccc(C(=O)NCC2CCCS2(=O)=O)c1F. The average Bonchev–Trinajstić information content (AvgIpc) is 2.75. The van der Waals surface area contributed by atoms with E-state index in [9.17, 15) is 17.6 Å². The van der Waals surface area contributed by atoms with Crippen LogP contribution >= 0.6 is 0 Å². The van der Waals surface area contributed by atoms with Crippen LogP contribution in [-0.2, 0) is 9.84 Å². The molecule has 110 valence electrons. The van der Waals surface area contributed by atoms with Crippen LogP contribution < -0.4 is 10.6 Å². The summed E-state index contributed by atoms with van der Waals surface area (Å²) in [6.45, 7) is 0.0117. The van der Waals surface area contributed by atoms with Crippen molar-refractivity contribution in [3.05, 3.63) is 23.6 Å². The summed E-state index contributed by atoms with van der Waals surface area (Å²) in [5, 5.41) is 4.44. The van der Waals surface area contributed by atoms with Crippen LogP contribution in [0.2, 0.25) is 0 Å². The minimum atomic E-state index is -3.12. The number of amides is 1. The Kier molecular flexibility index (Phi) is 4.22. The predicted octanol–water partition coefficient (Wildman–Crippen LogP) is 0.569. The molecule has 1 fully saturated rings. The normalized spacial score (nSPS) is 20.6. The number of sulfone groups is 1. The molecule has 0 aliphatic carbocycles.